The van der Waals surface area contributed by atoms with Gasteiger partial charge in [-0.15, -0.1) is 12.4 Å². The molecule has 0 radical (unpaired) electrons. The molecule has 0 aromatic heterocycles. The molecule has 3 N–H and O–H groups in total. The third-order valence-corrected chi connectivity index (χ3v) is 4.20. The first-order valence-corrected chi connectivity index (χ1v) is 8.08. The molecule has 0 aliphatic carbocycles. The van der Waals surface area contributed by atoms with Crippen molar-refractivity contribution in [3.63, 3.8) is 0 Å². The minimum atomic E-state index is -0.423. The van der Waals surface area contributed by atoms with E-state index in [2.05, 4.69) is 10.2 Å². The Bertz CT molecular complexity index is 527. The van der Waals surface area contributed by atoms with E-state index < -0.39 is 6.04 Å². The lowest BCUT2D eigenvalue weighted by molar-refractivity contribution is -0.123. The number of carbonyl (C=O) groups excluding carboxylic acids is 1. The third-order valence-electron chi connectivity index (χ3n) is 4.20. The van der Waals surface area contributed by atoms with Crippen molar-refractivity contribution in [1.82, 2.24) is 5.32 Å². The van der Waals surface area contributed by atoms with Gasteiger partial charge >= 0.3 is 0 Å². The Morgan fingerprint density at radius 2 is 2.26 bits per heavy atom. The van der Waals surface area contributed by atoms with Crippen LogP contribution in [-0.2, 0) is 4.79 Å². The van der Waals surface area contributed by atoms with E-state index in [0.717, 1.165) is 43.6 Å². The van der Waals surface area contributed by atoms with Crippen LogP contribution in [0.25, 0.3) is 0 Å². The van der Waals surface area contributed by atoms with E-state index in [0.29, 0.717) is 6.42 Å². The second-order valence-electron chi connectivity index (χ2n) is 6.12. The zero-order valence-electron chi connectivity index (χ0n) is 13.8. The molecular formula is C17H27ClFN3O. The van der Waals surface area contributed by atoms with Crippen LogP contribution in [0.2, 0.25) is 0 Å². The van der Waals surface area contributed by atoms with Crippen LogP contribution >= 0.6 is 12.4 Å². The molecule has 2 rings (SSSR count). The van der Waals surface area contributed by atoms with Gasteiger partial charge in [0, 0.05) is 24.8 Å². The van der Waals surface area contributed by atoms with Gasteiger partial charge in [0.25, 0.3) is 0 Å². The number of aryl methyl sites for hydroxylation is 1. The van der Waals surface area contributed by atoms with Gasteiger partial charge in [-0.05, 0) is 49.9 Å². The molecule has 1 aliphatic rings. The van der Waals surface area contributed by atoms with Crippen molar-refractivity contribution >= 4 is 24.0 Å². The molecule has 0 saturated carbocycles. The lowest BCUT2D eigenvalue weighted by Crippen LogP contribution is -2.52. The van der Waals surface area contributed by atoms with Gasteiger partial charge in [0.1, 0.15) is 5.82 Å². The Morgan fingerprint density at radius 3 is 2.91 bits per heavy atom. The molecule has 4 nitrogen and oxygen atoms in total. The fraction of sp³-hybridized carbons (Fsp3) is 0.588. The summed E-state index contributed by atoms with van der Waals surface area (Å²) in [5.74, 6) is -0.279. The van der Waals surface area contributed by atoms with E-state index in [1.165, 1.54) is 6.07 Å². The molecule has 2 atom stereocenters. The molecule has 1 amide bonds. The maximum Gasteiger partial charge on any atom is 0.237 e. The average molecular weight is 344 g/mol. The fourth-order valence-electron chi connectivity index (χ4n) is 3.04. The van der Waals surface area contributed by atoms with Crippen molar-refractivity contribution in [2.75, 3.05) is 18.0 Å². The zero-order valence-corrected chi connectivity index (χ0v) is 14.7. The van der Waals surface area contributed by atoms with E-state index >= 15 is 0 Å². The molecule has 1 aromatic carbocycles. The third kappa shape index (κ3) is 5.36. The predicted molar refractivity (Wildman–Crippen MR) is 94.6 cm³/mol. The molecule has 2 unspecified atom stereocenters. The summed E-state index contributed by atoms with van der Waals surface area (Å²) in [6.45, 7) is 5.61. The highest BCUT2D eigenvalue weighted by molar-refractivity contribution is 5.85. The minimum absolute atomic E-state index is 0. The number of piperidine rings is 1. The van der Waals surface area contributed by atoms with Crippen molar-refractivity contribution in [3.8, 4) is 0 Å². The molecule has 0 bridgehead atoms. The summed E-state index contributed by atoms with van der Waals surface area (Å²) in [5.41, 5.74) is 7.83. The first-order chi connectivity index (χ1) is 10.5. The van der Waals surface area contributed by atoms with Gasteiger partial charge in [0.05, 0.1) is 6.04 Å². The van der Waals surface area contributed by atoms with Gasteiger partial charge in [-0.1, -0.05) is 13.3 Å². The SMILES string of the molecule is CCCC(N)C(=O)NC1CCCN(c2ccc(F)cc2C)C1.Cl. The number of benzene rings is 1. The number of halogens is 2. The maximum absolute atomic E-state index is 13.2. The smallest absolute Gasteiger partial charge is 0.237 e. The van der Waals surface area contributed by atoms with Crippen molar-refractivity contribution in [3.05, 3.63) is 29.6 Å². The molecule has 1 heterocycles. The van der Waals surface area contributed by atoms with E-state index in [-0.39, 0.29) is 30.2 Å². The summed E-state index contributed by atoms with van der Waals surface area (Å²) in [7, 11) is 0. The van der Waals surface area contributed by atoms with E-state index in [1.54, 1.807) is 6.07 Å². The Hall–Kier alpha value is -1.33. The largest absolute Gasteiger partial charge is 0.369 e. The maximum atomic E-state index is 13.2. The number of nitrogens with one attached hydrogen (secondary N) is 1. The van der Waals surface area contributed by atoms with Crippen molar-refractivity contribution in [2.24, 2.45) is 5.73 Å². The summed E-state index contributed by atoms with van der Waals surface area (Å²) in [6, 6.07) is 4.54. The number of carbonyl (C=O) groups is 1. The van der Waals surface area contributed by atoms with Crippen LogP contribution < -0.4 is 16.0 Å². The Balaban J connectivity index is 0.00000264. The number of hydrogen-bond acceptors (Lipinski definition) is 3. The van der Waals surface area contributed by atoms with Crippen LogP contribution in [0.1, 0.15) is 38.2 Å². The highest BCUT2D eigenvalue weighted by Gasteiger charge is 2.24. The summed E-state index contributed by atoms with van der Waals surface area (Å²) < 4.78 is 13.2. The molecule has 1 saturated heterocycles. The molecule has 1 aliphatic heterocycles. The number of amides is 1. The highest BCUT2D eigenvalue weighted by Crippen LogP contribution is 2.24. The summed E-state index contributed by atoms with van der Waals surface area (Å²) in [6.07, 6.45) is 3.57. The first kappa shape index (κ1) is 19.7. The van der Waals surface area contributed by atoms with Gasteiger partial charge in [0.15, 0.2) is 0 Å². The van der Waals surface area contributed by atoms with Crippen molar-refractivity contribution in [2.45, 2.75) is 51.6 Å². The second kappa shape index (κ2) is 9.08. The lowest BCUT2D eigenvalue weighted by Gasteiger charge is -2.36. The molecule has 1 fully saturated rings. The molecule has 0 spiro atoms. The fourth-order valence-corrected chi connectivity index (χ4v) is 3.04. The van der Waals surface area contributed by atoms with Crippen LogP contribution in [0.3, 0.4) is 0 Å². The average Bonchev–Trinajstić information content (AvgIpc) is 2.47. The Kier molecular flexibility index (Phi) is 7.79. The van der Waals surface area contributed by atoms with Gasteiger partial charge in [0.2, 0.25) is 5.91 Å². The second-order valence-corrected chi connectivity index (χ2v) is 6.12. The topological polar surface area (TPSA) is 58.4 Å². The Morgan fingerprint density at radius 1 is 1.52 bits per heavy atom. The van der Waals surface area contributed by atoms with Crippen molar-refractivity contribution < 1.29 is 9.18 Å². The quantitative estimate of drug-likeness (QED) is 0.864. The monoisotopic (exact) mass is 343 g/mol. The van der Waals surface area contributed by atoms with E-state index in [1.807, 2.05) is 19.9 Å². The number of nitrogens with zero attached hydrogens (tertiary/aromatic N) is 1. The summed E-state index contributed by atoms with van der Waals surface area (Å²) in [4.78, 5) is 14.3. The Labute approximate surface area is 144 Å². The van der Waals surface area contributed by atoms with E-state index in [4.69, 9.17) is 5.73 Å². The lowest BCUT2D eigenvalue weighted by atomic mass is 10.0. The van der Waals surface area contributed by atoms with Crippen LogP contribution in [0, 0.1) is 12.7 Å². The van der Waals surface area contributed by atoms with Crippen LogP contribution in [0.4, 0.5) is 10.1 Å². The van der Waals surface area contributed by atoms with Gasteiger partial charge < -0.3 is 16.0 Å². The standard InChI is InChI=1S/C17H26FN3O.ClH/c1-3-5-15(19)17(22)20-14-6-4-9-21(11-14)16-8-7-13(18)10-12(16)2;/h7-8,10,14-15H,3-6,9,11,19H2,1-2H3,(H,20,22);1H. The van der Waals surface area contributed by atoms with Crippen LogP contribution in [0.15, 0.2) is 18.2 Å². The normalized spacial score (nSPS) is 19.0. The van der Waals surface area contributed by atoms with Gasteiger partial charge in [-0.2, -0.15) is 0 Å². The first-order valence-electron chi connectivity index (χ1n) is 8.08. The molecular weight excluding hydrogens is 317 g/mol. The molecule has 23 heavy (non-hydrogen) atoms. The zero-order chi connectivity index (χ0) is 16.1. The molecule has 1 aromatic rings. The molecule has 130 valence electrons. The van der Waals surface area contributed by atoms with Crippen molar-refractivity contribution in [1.29, 1.82) is 0 Å². The number of nitrogens with two attached hydrogens (primary N) is 1. The highest BCUT2D eigenvalue weighted by atomic mass is 35.5. The number of anilines is 1. The van der Waals surface area contributed by atoms with Gasteiger partial charge in [-0.25, -0.2) is 4.39 Å². The van der Waals surface area contributed by atoms with Crippen LogP contribution in [0.5, 0.6) is 0 Å². The summed E-state index contributed by atoms with van der Waals surface area (Å²) >= 11 is 0. The number of hydrogen-bond donors (Lipinski definition) is 2. The van der Waals surface area contributed by atoms with Crippen LogP contribution in [-0.4, -0.2) is 31.1 Å². The summed E-state index contributed by atoms with van der Waals surface area (Å²) in [5, 5.41) is 3.05. The predicted octanol–water partition coefficient (Wildman–Crippen LogP) is 2.77. The minimum Gasteiger partial charge on any atom is -0.369 e. The van der Waals surface area contributed by atoms with E-state index in [9.17, 15) is 9.18 Å². The number of rotatable bonds is 5. The van der Waals surface area contributed by atoms with Gasteiger partial charge in [-0.3, -0.25) is 4.79 Å². The molecule has 6 heteroatoms.